The monoisotopic (exact) mass is 895 g/mol. The summed E-state index contributed by atoms with van der Waals surface area (Å²) in [6.45, 7) is 2.01. The third-order valence-electron chi connectivity index (χ3n) is 7.87. The van der Waals surface area contributed by atoms with Gasteiger partial charge in [-0.1, -0.05) is 30.3 Å². The van der Waals surface area contributed by atoms with E-state index >= 15 is 0 Å². The zero-order valence-corrected chi connectivity index (χ0v) is 31.0. The summed E-state index contributed by atoms with van der Waals surface area (Å²) < 4.78 is 37.7. The Bertz CT molecular complexity index is 1170. The average Bonchev–Trinajstić information content (AvgIpc) is 3.06. The molecular formula is C31H48N3O14Po. The van der Waals surface area contributed by atoms with Crippen molar-refractivity contribution >= 4 is 43.0 Å². The normalized spacial score (nSPS) is 29.1. The molecule has 1 unspecified atom stereocenters. The molecule has 2 fully saturated rings. The molecule has 1 radical (unpaired) electrons. The van der Waals surface area contributed by atoms with E-state index in [1.807, 2.05) is 30.3 Å². The first kappa shape index (κ1) is 41.3. The number of carbonyl (C=O) groups excluding carboxylic acids is 3. The maximum atomic E-state index is 12.6. The SMILES string of the molecule is CO[C@H]1O[C@H](COCCOC[C@H]2OC[C@H](N(C(C)=O)C(CO)OCCNC(=O)OCc3ccccc3)[C@@H](O)[C@H]2O)[C@](O)([Po])C[C@H]1NC(C)=O. The number of hydrogen-bond acceptors (Lipinski definition) is 14. The fourth-order valence-electron chi connectivity index (χ4n) is 5.43. The van der Waals surface area contributed by atoms with Gasteiger partial charge in [-0.05, 0) is 5.56 Å². The Morgan fingerprint density at radius 1 is 1.08 bits per heavy atom. The second-order valence-electron chi connectivity index (χ2n) is 11.6. The van der Waals surface area contributed by atoms with Crippen LogP contribution in [0.25, 0.3) is 0 Å². The third kappa shape index (κ3) is 12.9. The summed E-state index contributed by atoms with van der Waals surface area (Å²) in [4.78, 5) is 37.1. The van der Waals surface area contributed by atoms with Crippen LogP contribution in [-0.2, 0) is 49.4 Å². The van der Waals surface area contributed by atoms with Crippen molar-refractivity contribution in [1.82, 2.24) is 15.5 Å². The van der Waals surface area contributed by atoms with E-state index in [0.717, 1.165) is 35.5 Å². The van der Waals surface area contributed by atoms with E-state index in [4.69, 9.17) is 33.2 Å². The van der Waals surface area contributed by atoms with Gasteiger partial charge in [0.25, 0.3) is 0 Å². The molecule has 0 aromatic heterocycles. The van der Waals surface area contributed by atoms with Gasteiger partial charge in [0.05, 0.1) is 13.2 Å². The molecule has 3 amide bonds. The number of methoxy groups -OCH3 is 1. The van der Waals surface area contributed by atoms with Crippen LogP contribution in [0, 0.1) is 0 Å². The first-order chi connectivity index (χ1) is 23.4. The number of rotatable bonds is 18. The molecule has 49 heavy (non-hydrogen) atoms. The minimum atomic E-state index is -1.45. The van der Waals surface area contributed by atoms with Crippen LogP contribution in [-0.4, -0.2) is 180 Å². The van der Waals surface area contributed by atoms with Crippen LogP contribution in [0.15, 0.2) is 30.3 Å². The van der Waals surface area contributed by atoms with E-state index in [2.05, 4.69) is 10.6 Å². The number of aliphatic hydroxyl groups is 4. The predicted molar refractivity (Wildman–Crippen MR) is 170 cm³/mol. The van der Waals surface area contributed by atoms with Gasteiger partial charge in [-0.3, -0.25) is 4.79 Å². The molecule has 2 heterocycles. The number of nitrogens with one attached hydrogen (secondary N) is 2. The first-order valence-corrected chi connectivity index (χ1v) is 17.4. The van der Waals surface area contributed by atoms with E-state index in [1.54, 1.807) is 0 Å². The Morgan fingerprint density at radius 3 is 2.41 bits per heavy atom. The van der Waals surface area contributed by atoms with E-state index in [-0.39, 0.29) is 65.1 Å². The molecule has 18 heteroatoms. The molecule has 1 aromatic rings. The van der Waals surface area contributed by atoms with Gasteiger partial charge in [0.1, 0.15) is 6.61 Å². The first-order valence-electron chi connectivity index (χ1n) is 15.8. The van der Waals surface area contributed by atoms with Crippen molar-refractivity contribution in [3.8, 4) is 0 Å². The number of alkyl carbamates (subject to hydrolysis) is 1. The molecule has 0 bridgehead atoms. The molecule has 0 spiro atoms. The summed E-state index contributed by atoms with van der Waals surface area (Å²) in [5.74, 6) is -0.797. The van der Waals surface area contributed by atoms with E-state index < -0.39 is 70.9 Å². The van der Waals surface area contributed by atoms with Crippen LogP contribution in [0.1, 0.15) is 25.8 Å². The fraction of sp³-hybridized carbons (Fsp3) is 0.710. The molecular weight excluding hydrogens is 847 g/mol. The summed E-state index contributed by atoms with van der Waals surface area (Å²) in [5, 5.41) is 47.8. The van der Waals surface area contributed by atoms with E-state index in [9.17, 15) is 34.8 Å². The Morgan fingerprint density at radius 2 is 1.78 bits per heavy atom. The Balaban J connectivity index is 1.38. The summed E-state index contributed by atoms with van der Waals surface area (Å²) in [5.41, 5.74) is 0.823. The number of aliphatic hydroxyl groups excluding tert-OH is 3. The van der Waals surface area contributed by atoms with Crippen molar-refractivity contribution in [2.75, 3.05) is 59.9 Å². The molecule has 2 saturated heterocycles. The molecule has 2 aliphatic rings. The molecule has 1 aromatic carbocycles. The quantitative estimate of drug-likeness (QED) is 0.0677. The molecule has 2 aliphatic heterocycles. The summed E-state index contributed by atoms with van der Waals surface area (Å²) >= 11 is 0.853. The Hall–Kier alpha value is -2.07. The maximum absolute atomic E-state index is 12.6. The summed E-state index contributed by atoms with van der Waals surface area (Å²) in [6.07, 6.45) is -6.86. The van der Waals surface area contributed by atoms with Gasteiger partial charge in [0.2, 0.25) is 5.91 Å². The van der Waals surface area contributed by atoms with Crippen LogP contribution in [0.3, 0.4) is 0 Å². The van der Waals surface area contributed by atoms with Crippen LogP contribution < -0.4 is 10.6 Å². The van der Waals surface area contributed by atoms with Crippen molar-refractivity contribution < 1.29 is 68.0 Å². The predicted octanol–water partition coefficient (Wildman–Crippen LogP) is -2.26. The molecule has 0 aliphatic carbocycles. The summed E-state index contributed by atoms with van der Waals surface area (Å²) in [7, 11) is 1.45. The number of hydrogen-bond donors (Lipinski definition) is 6. The zero-order valence-electron chi connectivity index (χ0n) is 27.8. The van der Waals surface area contributed by atoms with Gasteiger partial charge in [-0.2, -0.15) is 0 Å². The number of amides is 3. The van der Waals surface area contributed by atoms with Crippen LogP contribution in [0.2, 0.25) is 0 Å². The van der Waals surface area contributed by atoms with Gasteiger partial charge in [0, 0.05) is 13.5 Å². The van der Waals surface area contributed by atoms with Crippen molar-refractivity contribution in [2.24, 2.45) is 0 Å². The van der Waals surface area contributed by atoms with Crippen molar-refractivity contribution in [1.29, 1.82) is 0 Å². The van der Waals surface area contributed by atoms with E-state index in [0.29, 0.717) is 0 Å². The average molecular weight is 896 g/mol. The van der Waals surface area contributed by atoms with Crippen molar-refractivity contribution in [2.45, 2.75) is 79.2 Å². The van der Waals surface area contributed by atoms with Gasteiger partial charge < -0.3 is 24.8 Å². The van der Waals surface area contributed by atoms with Gasteiger partial charge >= 0.3 is 186 Å². The second kappa shape index (κ2) is 20.7. The van der Waals surface area contributed by atoms with Gasteiger partial charge in [0.15, 0.2) is 6.23 Å². The Labute approximate surface area is 300 Å². The van der Waals surface area contributed by atoms with Gasteiger partial charge in [-0.15, -0.1) is 0 Å². The summed E-state index contributed by atoms with van der Waals surface area (Å²) in [6, 6.07) is 7.60. The van der Waals surface area contributed by atoms with Crippen LogP contribution in [0.4, 0.5) is 4.79 Å². The van der Waals surface area contributed by atoms with Crippen LogP contribution >= 0.6 is 0 Å². The zero-order chi connectivity index (χ0) is 36.0. The van der Waals surface area contributed by atoms with E-state index in [1.165, 1.54) is 21.0 Å². The van der Waals surface area contributed by atoms with Crippen molar-refractivity contribution in [3.63, 3.8) is 0 Å². The topological polar surface area (TPSA) is 224 Å². The molecule has 6 N–H and O–H groups in total. The standard InChI is InChI=1S/C31H48N3O14.Po/c1-19(36)33-22-13-24(38)25(48-30(22)42-3)17-43-11-12-44-18-26-29(40)28(39)23(16-46-26)34(20(2)37)27(14-35)45-10-9-32-31(41)47-15-21-7-5-4-6-8-21;/h4-8,22-23,25-30,35,38-40H,9-18H2,1-3H3,(H,32,41)(H,33,36);/t22-,23+,25-,26-,27?,28-,29+,30+;/m1./s1. The number of ether oxygens (including phenoxy) is 7. The Kier molecular flexibility index (Phi) is 17.5. The minimum absolute atomic E-state index is 0.0200. The molecule has 17 nitrogen and oxygen atoms in total. The van der Waals surface area contributed by atoms with Crippen molar-refractivity contribution in [3.05, 3.63) is 35.9 Å². The number of carbonyl (C=O) groups is 3. The fourth-order valence-corrected chi connectivity index (χ4v) is 6.61. The molecule has 3 rings (SSSR count). The van der Waals surface area contributed by atoms with Gasteiger partial charge in [-0.25, -0.2) is 4.79 Å². The molecule has 9 atom stereocenters. The van der Waals surface area contributed by atoms with Crippen LogP contribution in [0.5, 0.6) is 0 Å². The number of nitrogens with zero attached hydrogens (tertiary/aromatic N) is 1. The third-order valence-corrected chi connectivity index (χ3v) is 9.54. The molecule has 0 saturated carbocycles. The second-order valence-corrected chi connectivity index (χ2v) is 14.3. The molecule has 277 valence electrons. The number of benzene rings is 1.